The Hall–Kier alpha value is -2.86. The second-order valence-electron chi connectivity index (χ2n) is 9.23. The van der Waals surface area contributed by atoms with Gasteiger partial charge in [0.1, 0.15) is 0 Å². The van der Waals surface area contributed by atoms with Crippen LogP contribution in [-0.4, -0.2) is 34.7 Å². The number of aryl methyl sites for hydroxylation is 2. The number of aromatic amines is 1. The van der Waals surface area contributed by atoms with Crippen LogP contribution in [0.15, 0.2) is 41.2 Å². The number of pyridine rings is 1. The zero-order chi connectivity index (χ0) is 23.4. The standard InChI is InChI=1S/C27H35N3O3/c1-3-30(20-12-14-21(31)15-13-20)25-11-7-10-23-22(25)9-6-4-5-8-19-16-18(2)29-27(33)24(19)17-28-26(23)32/h4,6-7,10-11,16,20-21,31H,3,5,8-9,12-15,17H2,1-2H3,(H,28,32)(H,29,33)/t20-,21-. The number of aliphatic hydroxyl groups excluding tert-OH is 1. The van der Waals surface area contributed by atoms with E-state index < -0.39 is 0 Å². The number of hydrogen-bond acceptors (Lipinski definition) is 4. The molecule has 1 aliphatic heterocycles. The number of allylic oxidation sites excluding steroid dienone is 2. The molecular formula is C27H35N3O3. The lowest BCUT2D eigenvalue weighted by Crippen LogP contribution is -2.40. The summed E-state index contributed by atoms with van der Waals surface area (Å²) in [4.78, 5) is 31.1. The van der Waals surface area contributed by atoms with Gasteiger partial charge in [-0.05, 0) is 88.1 Å². The highest BCUT2D eigenvalue weighted by Gasteiger charge is 2.27. The van der Waals surface area contributed by atoms with Gasteiger partial charge in [0.15, 0.2) is 0 Å². The van der Waals surface area contributed by atoms with Gasteiger partial charge in [0, 0.05) is 41.6 Å². The van der Waals surface area contributed by atoms with Gasteiger partial charge in [0.05, 0.1) is 6.10 Å². The number of amides is 1. The molecule has 176 valence electrons. The molecule has 1 aromatic carbocycles. The molecule has 0 bridgehead atoms. The van der Waals surface area contributed by atoms with Crippen molar-refractivity contribution in [2.45, 2.75) is 77.5 Å². The molecule has 0 radical (unpaired) electrons. The number of benzene rings is 1. The van der Waals surface area contributed by atoms with Gasteiger partial charge in [-0.3, -0.25) is 9.59 Å². The lowest BCUT2D eigenvalue weighted by atomic mass is 9.90. The number of fused-ring (bicyclic) bond motifs is 2. The van der Waals surface area contributed by atoms with Crippen molar-refractivity contribution in [3.8, 4) is 0 Å². The maximum absolute atomic E-state index is 13.3. The van der Waals surface area contributed by atoms with Crippen LogP contribution in [0.1, 0.15) is 71.8 Å². The van der Waals surface area contributed by atoms with E-state index in [0.29, 0.717) is 23.6 Å². The number of hydrogen-bond donors (Lipinski definition) is 3. The molecule has 33 heavy (non-hydrogen) atoms. The summed E-state index contributed by atoms with van der Waals surface area (Å²) < 4.78 is 0. The number of carbonyl (C=O) groups is 1. The number of carbonyl (C=O) groups excluding carboxylic acids is 1. The summed E-state index contributed by atoms with van der Waals surface area (Å²) >= 11 is 0. The third-order valence-corrected chi connectivity index (χ3v) is 7.01. The highest BCUT2D eigenvalue weighted by atomic mass is 16.3. The van der Waals surface area contributed by atoms with Crippen LogP contribution in [-0.2, 0) is 19.4 Å². The smallest absolute Gasteiger partial charge is 0.253 e. The Morgan fingerprint density at radius 1 is 1.09 bits per heavy atom. The third kappa shape index (κ3) is 5.22. The van der Waals surface area contributed by atoms with Crippen LogP contribution >= 0.6 is 0 Å². The summed E-state index contributed by atoms with van der Waals surface area (Å²) in [5.41, 5.74) is 5.13. The molecule has 0 saturated heterocycles. The molecule has 2 aliphatic rings. The number of rotatable bonds is 3. The molecule has 1 fully saturated rings. The molecule has 0 atom stereocenters. The van der Waals surface area contributed by atoms with E-state index in [9.17, 15) is 14.7 Å². The molecule has 2 heterocycles. The Kier molecular flexibility index (Phi) is 7.33. The number of aliphatic hydroxyl groups is 1. The largest absolute Gasteiger partial charge is 0.393 e. The average molecular weight is 450 g/mol. The highest BCUT2D eigenvalue weighted by molar-refractivity contribution is 5.97. The minimum Gasteiger partial charge on any atom is -0.393 e. The molecule has 1 saturated carbocycles. The van der Waals surface area contributed by atoms with E-state index in [1.807, 2.05) is 25.1 Å². The Morgan fingerprint density at radius 3 is 2.64 bits per heavy atom. The summed E-state index contributed by atoms with van der Waals surface area (Å²) in [5, 5.41) is 13.0. The average Bonchev–Trinajstić information content (AvgIpc) is 2.79. The third-order valence-electron chi connectivity index (χ3n) is 7.01. The fraction of sp³-hybridized carbons (Fsp3) is 0.481. The van der Waals surface area contributed by atoms with Gasteiger partial charge in [0.2, 0.25) is 0 Å². The van der Waals surface area contributed by atoms with Gasteiger partial charge in [-0.2, -0.15) is 0 Å². The van der Waals surface area contributed by atoms with E-state index in [2.05, 4.69) is 40.3 Å². The molecule has 6 nitrogen and oxygen atoms in total. The van der Waals surface area contributed by atoms with E-state index in [1.165, 1.54) is 0 Å². The van der Waals surface area contributed by atoms with E-state index in [4.69, 9.17) is 0 Å². The van der Waals surface area contributed by atoms with Gasteiger partial charge >= 0.3 is 0 Å². The monoisotopic (exact) mass is 449 g/mol. The van der Waals surface area contributed by atoms with Crippen molar-refractivity contribution >= 4 is 11.6 Å². The molecule has 2 aromatic rings. The zero-order valence-corrected chi connectivity index (χ0v) is 19.7. The van der Waals surface area contributed by atoms with Crippen molar-refractivity contribution in [1.29, 1.82) is 0 Å². The summed E-state index contributed by atoms with van der Waals surface area (Å²) in [6.45, 7) is 5.11. The molecule has 6 heteroatoms. The first-order valence-electron chi connectivity index (χ1n) is 12.2. The van der Waals surface area contributed by atoms with Crippen LogP contribution in [0.4, 0.5) is 5.69 Å². The van der Waals surface area contributed by atoms with Crippen LogP contribution in [0.25, 0.3) is 0 Å². The molecule has 0 unspecified atom stereocenters. The van der Waals surface area contributed by atoms with E-state index in [0.717, 1.165) is 67.6 Å². The van der Waals surface area contributed by atoms with Crippen LogP contribution in [0, 0.1) is 6.92 Å². The van der Waals surface area contributed by atoms with Gasteiger partial charge in [-0.1, -0.05) is 18.2 Å². The predicted molar refractivity (Wildman–Crippen MR) is 132 cm³/mol. The van der Waals surface area contributed by atoms with Crippen molar-refractivity contribution < 1.29 is 9.90 Å². The summed E-state index contributed by atoms with van der Waals surface area (Å²) in [5.74, 6) is -0.151. The molecule has 1 aromatic heterocycles. The number of aromatic nitrogens is 1. The number of H-pyrrole nitrogens is 1. The van der Waals surface area contributed by atoms with Crippen LogP contribution in [0.5, 0.6) is 0 Å². The van der Waals surface area contributed by atoms with E-state index in [-0.39, 0.29) is 24.1 Å². The normalized spacial score (nSPS) is 21.2. The predicted octanol–water partition coefficient (Wildman–Crippen LogP) is 3.79. The topological polar surface area (TPSA) is 85.4 Å². The van der Waals surface area contributed by atoms with Crippen molar-refractivity contribution in [2.24, 2.45) is 0 Å². The summed E-state index contributed by atoms with van der Waals surface area (Å²) in [6, 6.07) is 8.32. The first kappa shape index (κ1) is 23.3. The lowest BCUT2D eigenvalue weighted by molar-refractivity contribution is 0.0950. The van der Waals surface area contributed by atoms with Gasteiger partial charge in [-0.25, -0.2) is 0 Å². The maximum Gasteiger partial charge on any atom is 0.253 e. The molecule has 3 N–H and O–H groups in total. The number of anilines is 1. The van der Waals surface area contributed by atoms with Gasteiger partial charge in [0.25, 0.3) is 11.5 Å². The fourth-order valence-corrected chi connectivity index (χ4v) is 5.29. The van der Waals surface area contributed by atoms with Gasteiger partial charge < -0.3 is 20.3 Å². The Labute approximate surface area is 195 Å². The Morgan fingerprint density at radius 2 is 1.88 bits per heavy atom. The second kappa shape index (κ2) is 10.4. The van der Waals surface area contributed by atoms with Crippen molar-refractivity contribution in [3.05, 3.63) is 74.7 Å². The van der Waals surface area contributed by atoms with E-state index >= 15 is 0 Å². The molecule has 4 rings (SSSR count). The quantitative estimate of drug-likeness (QED) is 0.623. The SMILES string of the molecule is CCN(c1cccc2c1CC=CCCc1cc(C)[nH]c(=O)c1CNC2=O)[C@H]1CC[C@H](O)CC1. The number of nitrogens with one attached hydrogen (secondary N) is 2. The first-order valence-corrected chi connectivity index (χ1v) is 12.2. The minimum absolute atomic E-state index is 0.128. The Balaban J connectivity index is 1.68. The first-order chi connectivity index (χ1) is 16.0. The lowest BCUT2D eigenvalue weighted by Gasteiger charge is -2.38. The minimum atomic E-state index is -0.195. The van der Waals surface area contributed by atoms with Crippen molar-refractivity contribution in [2.75, 3.05) is 11.4 Å². The van der Waals surface area contributed by atoms with Crippen LogP contribution in [0.2, 0.25) is 0 Å². The second-order valence-corrected chi connectivity index (χ2v) is 9.23. The van der Waals surface area contributed by atoms with Crippen molar-refractivity contribution in [3.63, 3.8) is 0 Å². The summed E-state index contributed by atoms with van der Waals surface area (Å²) in [6.07, 6.45) is 9.98. The summed E-state index contributed by atoms with van der Waals surface area (Å²) in [7, 11) is 0. The Bertz CT molecular complexity index is 1080. The van der Waals surface area contributed by atoms with E-state index in [1.54, 1.807) is 0 Å². The molecule has 1 aliphatic carbocycles. The molecular weight excluding hydrogens is 414 g/mol. The molecule has 0 spiro atoms. The van der Waals surface area contributed by atoms with Crippen molar-refractivity contribution in [1.82, 2.24) is 10.3 Å². The van der Waals surface area contributed by atoms with Crippen LogP contribution in [0.3, 0.4) is 0 Å². The highest BCUT2D eigenvalue weighted by Crippen LogP contribution is 2.32. The fourth-order valence-electron chi connectivity index (χ4n) is 5.29. The molecule has 1 amide bonds. The maximum atomic E-state index is 13.3. The number of nitrogens with zero attached hydrogens (tertiary/aromatic N) is 1. The van der Waals surface area contributed by atoms with Crippen LogP contribution < -0.4 is 15.8 Å². The zero-order valence-electron chi connectivity index (χ0n) is 19.7. The van der Waals surface area contributed by atoms with Gasteiger partial charge in [-0.15, -0.1) is 0 Å².